The van der Waals surface area contributed by atoms with Crippen LogP contribution in [0.1, 0.15) is 49.8 Å². The van der Waals surface area contributed by atoms with Crippen LogP contribution in [0.2, 0.25) is 10.0 Å². The van der Waals surface area contributed by atoms with E-state index in [1.165, 1.54) is 16.8 Å². The number of halogens is 2. The van der Waals surface area contributed by atoms with Gasteiger partial charge in [0.05, 0.1) is 10.7 Å². The van der Waals surface area contributed by atoms with E-state index >= 15 is 0 Å². The van der Waals surface area contributed by atoms with Gasteiger partial charge in [0.25, 0.3) is 0 Å². The first kappa shape index (κ1) is 18.3. The Morgan fingerprint density at radius 1 is 1.20 bits per heavy atom. The fourth-order valence-electron chi connectivity index (χ4n) is 3.60. The Kier molecular flexibility index (Phi) is 4.87. The van der Waals surface area contributed by atoms with Crippen molar-refractivity contribution < 1.29 is 0 Å². The van der Waals surface area contributed by atoms with E-state index in [2.05, 4.69) is 56.8 Å². The molecule has 1 unspecified atom stereocenters. The second-order valence-corrected chi connectivity index (χ2v) is 8.44. The van der Waals surface area contributed by atoms with Gasteiger partial charge < -0.3 is 4.90 Å². The highest BCUT2D eigenvalue weighted by Gasteiger charge is 2.34. The van der Waals surface area contributed by atoms with Crippen molar-refractivity contribution >= 4 is 40.8 Å². The van der Waals surface area contributed by atoms with Crippen molar-refractivity contribution in [2.45, 2.75) is 45.6 Å². The summed E-state index contributed by atoms with van der Waals surface area (Å²) in [6.07, 6.45) is 3.04. The van der Waals surface area contributed by atoms with Gasteiger partial charge in [0.1, 0.15) is 0 Å². The molecule has 0 saturated carbocycles. The van der Waals surface area contributed by atoms with Gasteiger partial charge in [-0.1, -0.05) is 30.1 Å². The Morgan fingerprint density at radius 2 is 1.92 bits per heavy atom. The molecule has 0 saturated heterocycles. The molecule has 1 aliphatic heterocycles. The quantitative estimate of drug-likeness (QED) is 0.529. The number of aryl methyl sites for hydroxylation is 1. The third kappa shape index (κ3) is 3.56. The molecule has 2 aromatic carbocycles. The average molecular weight is 375 g/mol. The smallest absolute Gasteiger partial charge is 0.0817 e. The number of nitrogens with zero attached hydrogens (tertiary/aromatic N) is 2. The minimum Gasteiger partial charge on any atom is -0.369 e. The molecule has 4 heteroatoms. The summed E-state index contributed by atoms with van der Waals surface area (Å²) in [5.74, 6) is 0.521. The highest BCUT2D eigenvalue weighted by molar-refractivity contribution is 6.36. The molecule has 0 amide bonds. The summed E-state index contributed by atoms with van der Waals surface area (Å²) >= 11 is 12.2. The van der Waals surface area contributed by atoms with Gasteiger partial charge in [-0.3, -0.25) is 4.99 Å². The highest BCUT2D eigenvalue weighted by atomic mass is 35.5. The standard InChI is InChI=1S/C21H24Cl2N2/c1-13-8-20-17(14(2)11-21(3,4)25(20)5)9-15(13)12-24-19-7-6-16(22)10-18(19)23/h6-10,12,14H,11H2,1-5H3. The molecule has 132 valence electrons. The van der Waals surface area contributed by atoms with Crippen LogP contribution >= 0.6 is 23.2 Å². The van der Waals surface area contributed by atoms with Crippen LogP contribution in [-0.4, -0.2) is 18.8 Å². The van der Waals surface area contributed by atoms with Gasteiger partial charge in [0.2, 0.25) is 0 Å². The highest BCUT2D eigenvalue weighted by Crippen LogP contribution is 2.43. The zero-order valence-electron chi connectivity index (χ0n) is 15.4. The summed E-state index contributed by atoms with van der Waals surface area (Å²) in [6, 6.07) is 9.91. The van der Waals surface area contributed by atoms with Crippen molar-refractivity contribution in [2.24, 2.45) is 4.99 Å². The predicted octanol–water partition coefficient (Wildman–Crippen LogP) is 6.77. The van der Waals surface area contributed by atoms with Crippen LogP contribution < -0.4 is 4.90 Å². The maximum atomic E-state index is 6.22. The molecule has 0 radical (unpaired) electrons. The predicted molar refractivity (Wildman–Crippen MR) is 110 cm³/mol. The minimum absolute atomic E-state index is 0.172. The first-order valence-electron chi connectivity index (χ1n) is 8.56. The van der Waals surface area contributed by atoms with E-state index in [1.807, 2.05) is 12.3 Å². The molecule has 1 atom stereocenters. The van der Waals surface area contributed by atoms with E-state index in [4.69, 9.17) is 23.2 Å². The normalized spacial score (nSPS) is 19.3. The summed E-state index contributed by atoms with van der Waals surface area (Å²) in [5.41, 5.74) is 5.95. The summed E-state index contributed by atoms with van der Waals surface area (Å²) < 4.78 is 0. The van der Waals surface area contributed by atoms with Gasteiger partial charge in [-0.15, -0.1) is 0 Å². The summed E-state index contributed by atoms with van der Waals surface area (Å²) in [6.45, 7) is 9.05. The van der Waals surface area contributed by atoms with E-state index in [0.29, 0.717) is 16.0 Å². The summed E-state index contributed by atoms with van der Waals surface area (Å²) in [7, 11) is 2.19. The van der Waals surface area contributed by atoms with Crippen LogP contribution in [0.4, 0.5) is 11.4 Å². The number of hydrogen-bond donors (Lipinski definition) is 0. The van der Waals surface area contributed by atoms with E-state index < -0.39 is 0 Å². The molecule has 0 bridgehead atoms. The van der Waals surface area contributed by atoms with E-state index in [-0.39, 0.29) is 5.54 Å². The minimum atomic E-state index is 0.172. The molecule has 3 rings (SSSR count). The Balaban J connectivity index is 1.99. The molecule has 1 aliphatic rings. The molecule has 2 aromatic rings. The Hall–Kier alpha value is -1.51. The van der Waals surface area contributed by atoms with Gasteiger partial charge in [-0.2, -0.15) is 0 Å². The van der Waals surface area contributed by atoms with Crippen molar-refractivity contribution in [1.82, 2.24) is 0 Å². The second kappa shape index (κ2) is 6.66. The first-order chi connectivity index (χ1) is 11.7. The van der Waals surface area contributed by atoms with Crippen molar-refractivity contribution in [3.63, 3.8) is 0 Å². The average Bonchev–Trinajstić information content (AvgIpc) is 2.52. The van der Waals surface area contributed by atoms with E-state index in [0.717, 1.165) is 17.7 Å². The SMILES string of the molecule is Cc1cc2c(cc1C=Nc1ccc(Cl)cc1Cl)C(C)CC(C)(C)N2C. The molecule has 0 N–H and O–H groups in total. The number of hydrogen-bond acceptors (Lipinski definition) is 2. The zero-order chi connectivity index (χ0) is 18.4. The lowest BCUT2D eigenvalue weighted by molar-refractivity contribution is 0.395. The number of fused-ring (bicyclic) bond motifs is 1. The van der Waals surface area contributed by atoms with Gasteiger partial charge in [0.15, 0.2) is 0 Å². The van der Waals surface area contributed by atoms with E-state index in [1.54, 1.807) is 12.1 Å². The fourth-order valence-corrected chi connectivity index (χ4v) is 4.06. The van der Waals surface area contributed by atoms with Crippen molar-refractivity contribution in [2.75, 3.05) is 11.9 Å². The molecule has 0 spiro atoms. The largest absolute Gasteiger partial charge is 0.369 e. The lowest BCUT2D eigenvalue weighted by Crippen LogP contribution is -2.45. The molecule has 0 fully saturated rings. The topological polar surface area (TPSA) is 15.6 Å². The first-order valence-corrected chi connectivity index (χ1v) is 9.32. The summed E-state index contributed by atoms with van der Waals surface area (Å²) in [4.78, 5) is 6.97. The van der Waals surface area contributed by atoms with Crippen LogP contribution in [-0.2, 0) is 0 Å². The molecule has 2 nitrogen and oxygen atoms in total. The van der Waals surface area contributed by atoms with Crippen LogP contribution in [0.25, 0.3) is 0 Å². The number of rotatable bonds is 2. The summed E-state index contributed by atoms with van der Waals surface area (Å²) in [5, 5.41) is 1.18. The van der Waals surface area contributed by atoms with Gasteiger partial charge in [-0.05, 0) is 80.1 Å². The molecule has 25 heavy (non-hydrogen) atoms. The van der Waals surface area contributed by atoms with Gasteiger partial charge in [-0.25, -0.2) is 0 Å². The third-order valence-corrected chi connectivity index (χ3v) is 5.81. The molecule has 0 aliphatic carbocycles. The number of benzene rings is 2. The van der Waals surface area contributed by atoms with E-state index in [9.17, 15) is 0 Å². The molecular weight excluding hydrogens is 351 g/mol. The Labute approximate surface area is 160 Å². The number of aliphatic imine (C=N–C) groups is 1. The van der Waals surface area contributed by atoms with Crippen molar-refractivity contribution in [3.8, 4) is 0 Å². The maximum absolute atomic E-state index is 6.22. The fraction of sp³-hybridized carbons (Fsp3) is 0.381. The lowest BCUT2D eigenvalue weighted by atomic mass is 9.79. The van der Waals surface area contributed by atoms with Gasteiger partial charge >= 0.3 is 0 Å². The van der Waals surface area contributed by atoms with Crippen LogP contribution in [0, 0.1) is 6.92 Å². The third-order valence-electron chi connectivity index (χ3n) is 5.27. The molecule has 0 aromatic heterocycles. The molecular formula is C21H24Cl2N2. The second-order valence-electron chi connectivity index (χ2n) is 7.60. The maximum Gasteiger partial charge on any atom is 0.0817 e. The van der Waals surface area contributed by atoms with Crippen molar-refractivity contribution in [3.05, 3.63) is 57.1 Å². The van der Waals surface area contributed by atoms with Crippen LogP contribution in [0.5, 0.6) is 0 Å². The van der Waals surface area contributed by atoms with Crippen LogP contribution in [0.15, 0.2) is 35.3 Å². The Morgan fingerprint density at radius 3 is 2.60 bits per heavy atom. The lowest BCUT2D eigenvalue weighted by Gasteiger charge is -2.45. The monoisotopic (exact) mass is 374 g/mol. The van der Waals surface area contributed by atoms with Gasteiger partial charge in [0, 0.05) is 29.5 Å². The Bertz CT molecular complexity index is 840. The van der Waals surface area contributed by atoms with Crippen molar-refractivity contribution in [1.29, 1.82) is 0 Å². The van der Waals surface area contributed by atoms with Crippen LogP contribution in [0.3, 0.4) is 0 Å². The number of anilines is 1. The molecule has 1 heterocycles. The zero-order valence-corrected chi connectivity index (χ0v) is 16.9.